The van der Waals surface area contributed by atoms with Crippen LogP contribution in [0.5, 0.6) is 0 Å². The lowest BCUT2D eigenvalue weighted by Gasteiger charge is -2.01. The fourth-order valence-electron chi connectivity index (χ4n) is 2.76. The van der Waals surface area contributed by atoms with Crippen molar-refractivity contribution >= 4 is 39.4 Å². The highest BCUT2D eigenvalue weighted by atomic mass is 79.9. The van der Waals surface area contributed by atoms with Crippen LogP contribution >= 0.6 is 15.9 Å². The molecule has 0 amide bonds. The second-order valence-corrected chi connectivity index (χ2v) is 6.93. The minimum absolute atomic E-state index is 0.0183. The van der Waals surface area contributed by atoms with Crippen LogP contribution in [0.15, 0.2) is 81.2 Å². The molecule has 1 aliphatic rings. The highest BCUT2D eigenvalue weighted by Crippen LogP contribution is 2.30. The van der Waals surface area contributed by atoms with E-state index in [1.165, 1.54) is 12.1 Å². The molecular weight excluding hydrogens is 426 g/mol. The monoisotopic (exact) mass is 437 g/mol. The van der Waals surface area contributed by atoms with E-state index < -0.39 is 10.9 Å². The van der Waals surface area contributed by atoms with Gasteiger partial charge in [-0.1, -0.05) is 40.2 Å². The van der Waals surface area contributed by atoms with Gasteiger partial charge in [0.15, 0.2) is 0 Å². The lowest BCUT2D eigenvalue weighted by molar-refractivity contribution is -0.384. The average molecular weight is 438 g/mol. The topological polar surface area (TPSA) is 82.6 Å². The number of nitrogens with zero attached hydrogens (tertiary/aromatic N) is 1. The van der Waals surface area contributed by atoms with Crippen LogP contribution in [0.25, 0.3) is 23.2 Å². The van der Waals surface area contributed by atoms with Gasteiger partial charge < -0.3 is 9.15 Å². The predicted octanol–water partition coefficient (Wildman–Crippen LogP) is 5.60. The van der Waals surface area contributed by atoms with E-state index in [0.29, 0.717) is 28.4 Å². The molecule has 7 heteroatoms. The fraction of sp³-hybridized carbons (Fsp3) is 0. The number of halogens is 1. The minimum Gasteiger partial charge on any atom is -0.457 e. The van der Waals surface area contributed by atoms with Gasteiger partial charge in [0.25, 0.3) is 5.69 Å². The number of nitro groups is 1. The molecule has 0 radical (unpaired) electrons. The molecule has 0 aliphatic carbocycles. The molecule has 1 aromatic heterocycles. The van der Waals surface area contributed by atoms with Gasteiger partial charge in [0.05, 0.1) is 10.5 Å². The Morgan fingerprint density at radius 1 is 1.00 bits per heavy atom. The normalized spacial score (nSPS) is 14.8. The molecule has 6 nitrogen and oxygen atoms in total. The summed E-state index contributed by atoms with van der Waals surface area (Å²) >= 11 is 3.37. The number of esters is 1. The standard InChI is InChI=1S/C21H12BrNO5/c22-16-6-4-13(5-7-16)20-12-15(21(24)28-20)11-18-8-9-19(27-18)14-2-1-3-17(10-14)23(25)26/h1-12H/b15-11+. The maximum Gasteiger partial charge on any atom is 0.343 e. The number of nitro benzene ring substituents is 1. The molecule has 1 aliphatic heterocycles. The molecule has 0 bridgehead atoms. The molecule has 0 unspecified atom stereocenters. The van der Waals surface area contributed by atoms with Crippen molar-refractivity contribution in [2.45, 2.75) is 0 Å². The van der Waals surface area contributed by atoms with Crippen molar-refractivity contribution < 1.29 is 18.9 Å². The van der Waals surface area contributed by atoms with Gasteiger partial charge in [-0.25, -0.2) is 4.79 Å². The molecule has 2 aromatic carbocycles. The van der Waals surface area contributed by atoms with Crippen molar-refractivity contribution in [3.63, 3.8) is 0 Å². The summed E-state index contributed by atoms with van der Waals surface area (Å²) in [5.74, 6) is 0.918. The Balaban J connectivity index is 1.61. The lowest BCUT2D eigenvalue weighted by Crippen LogP contribution is -1.96. The number of furan rings is 1. The van der Waals surface area contributed by atoms with Crippen molar-refractivity contribution in [3.05, 3.63) is 98.2 Å². The van der Waals surface area contributed by atoms with Crippen LogP contribution in [0.4, 0.5) is 5.69 Å². The van der Waals surface area contributed by atoms with Gasteiger partial charge >= 0.3 is 5.97 Å². The van der Waals surface area contributed by atoms with Gasteiger partial charge in [0.2, 0.25) is 0 Å². The number of hydrogen-bond acceptors (Lipinski definition) is 5. The van der Waals surface area contributed by atoms with E-state index in [1.54, 1.807) is 36.4 Å². The van der Waals surface area contributed by atoms with Crippen LogP contribution in [0.2, 0.25) is 0 Å². The Hall–Kier alpha value is -3.45. The summed E-state index contributed by atoms with van der Waals surface area (Å²) in [6.07, 6.45) is 3.23. The summed E-state index contributed by atoms with van der Waals surface area (Å²) in [7, 11) is 0. The second kappa shape index (κ2) is 7.28. The van der Waals surface area contributed by atoms with Crippen molar-refractivity contribution in [3.8, 4) is 11.3 Å². The van der Waals surface area contributed by atoms with Crippen molar-refractivity contribution in [1.82, 2.24) is 0 Å². The molecular formula is C21H12BrNO5. The first-order chi connectivity index (χ1) is 13.5. The molecule has 0 N–H and O–H groups in total. The summed E-state index contributed by atoms with van der Waals surface area (Å²) < 4.78 is 12.0. The third-order valence-electron chi connectivity index (χ3n) is 4.12. The highest BCUT2D eigenvalue weighted by molar-refractivity contribution is 9.10. The third-order valence-corrected chi connectivity index (χ3v) is 4.65. The Kier molecular flexibility index (Phi) is 4.67. The quantitative estimate of drug-likeness (QED) is 0.229. The largest absolute Gasteiger partial charge is 0.457 e. The van der Waals surface area contributed by atoms with Gasteiger partial charge in [-0.05, 0) is 36.4 Å². The molecule has 0 saturated carbocycles. The van der Waals surface area contributed by atoms with E-state index in [-0.39, 0.29) is 5.69 Å². The molecule has 0 saturated heterocycles. The first kappa shape index (κ1) is 17.9. The molecule has 2 heterocycles. The number of hydrogen-bond donors (Lipinski definition) is 0. The van der Waals surface area contributed by atoms with Crippen molar-refractivity contribution in [2.75, 3.05) is 0 Å². The summed E-state index contributed by atoms with van der Waals surface area (Å²) in [5, 5.41) is 10.9. The molecule has 0 fully saturated rings. The van der Waals surface area contributed by atoms with E-state index in [4.69, 9.17) is 9.15 Å². The van der Waals surface area contributed by atoms with Crippen LogP contribution in [0.1, 0.15) is 11.3 Å². The molecule has 4 rings (SSSR count). The van der Waals surface area contributed by atoms with Gasteiger partial charge in [0.1, 0.15) is 17.3 Å². The van der Waals surface area contributed by atoms with Gasteiger partial charge in [-0.2, -0.15) is 0 Å². The number of rotatable bonds is 4. The summed E-state index contributed by atoms with van der Waals surface area (Å²) in [6.45, 7) is 0. The van der Waals surface area contributed by atoms with E-state index in [2.05, 4.69) is 15.9 Å². The zero-order valence-electron chi connectivity index (χ0n) is 14.3. The second-order valence-electron chi connectivity index (χ2n) is 6.01. The van der Waals surface area contributed by atoms with E-state index in [9.17, 15) is 14.9 Å². The molecule has 3 aromatic rings. The van der Waals surface area contributed by atoms with Crippen LogP contribution in [0, 0.1) is 10.1 Å². The molecule has 0 spiro atoms. The number of ether oxygens (including phenoxy) is 1. The minimum atomic E-state index is -0.466. The Bertz CT molecular complexity index is 1140. The van der Waals surface area contributed by atoms with E-state index >= 15 is 0 Å². The van der Waals surface area contributed by atoms with E-state index in [0.717, 1.165) is 10.0 Å². The molecule has 0 atom stereocenters. The molecule has 138 valence electrons. The molecule has 28 heavy (non-hydrogen) atoms. The van der Waals surface area contributed by atoms with Gasteiger partial charge in [-0.15, -0.1) is 0 Å². The van der Waals surface area contributed by atoms with Crippen LogP contribution in [0.3, 0.4) is 0 Å². The number of carbonyl (C=O) groups is 1. The first-order valence-electron chi connectivity index (χ1n) is 8.26. The maximum atomic E-state index is 12.2. The maximum absolute atomic E-state index is 12.2. The smallest absolute Gasteiger partial charge is 0.343 e. The number of carbonyl (C=O) groups excluding carboxylic acids is 1. The van der Waals surface area contributed by atoms with Crippen molar-refractivity contribution in [2.24, 2.45) is 0 Å². The van der Waals surface area contributed by atoms with Crippen LogP contribution < -0.4 is 0 Å². The third kappa shape index (κ3) is 3.65. The predicted molar refractivity (Wildman–Crippen MR) is 107 cm³/mol. The number of benzene rings is 2. The van der Waals surface area contributed by atoms with Crippen LogP contribution in [-0.4, -0.2) is 10.9 Å². The van der Waals surface area contributed by atoms with Gasteiger partial charge in [-0.3, -0.25) is 10.1 Å². The summed E-state index contributed by atoms with van der Waals surface area (Å²) in [5.41, 5.74) is 1.71. The SMILES string of the molecule is O=C1OC(c2ccc(Br)cc2)=C/C1=C\c1ccc(-c2cccc([N+](=O)[O-])c2)o1. The Morgan fingerprint density at radius 2 is 1.79 bits per heavy atom. The zero-order valence-corrected chi connectivity index (χ0v) is 15.9. The van der Waals surface area contributed by atoms with Crippen molar-refractivity contribution in [1.29, 1.82) is 0 Å². The zero-order chi connectivity index (χ0) is 19.7. The number of non-ortho nitro benzene ring substituents is 1. The Morgan fingerprint density at radius 3 is 2.54 bits per heavy atom. The fourth-order valence-corrected chi connectivity index (χ4v) is 3.02. The summed E-state index contributed by atoms with van der Waals surface area (Å²) in [4.78, 5) is 22.6. The average Bonchev–Trinajstić information content (AvgIpc) is 3.30. The van der Waals surface area contributed by atoms with Crippen LogP contribution in [-0.2, 0) is 9.53 Å². The number of cyclic esters (lactones) is 1. The van der Waals surface area contributed by atoms with E-state index in [1.807, 2.05) is 24.3 Å². The lowest BCUT2D eigenvalue weighted by atomic mass is 10.1. The highest BCUT2D eigenvalue weighted by Gasteiger charge is 2.22. The summed E-state index contributed by atoms with van der Waals surface area (Å²) in [6, 6.07) is 17.0. The first-order valence-corrected chi connectivity index (χ1v) is 9.05. The Labute approximate surface area is 168 Å². The van der Waals surface area contributed by atoms with Gasteiger partial charge in [0, 0.05) is 27.7 Å².